The normalized spacial score (nSPS) is 23.8. The molecule has 2 saturated heterocycles. The number of nitrogens with zero attached hydrogens (tertiary/aromatic N) is 3. The topological polar surface area (TPSA) is 73.0 Å². The Morgan fingerprint density at radius 2 is 1.76 bits per heavy atom. The average molecular weight is 344 g/mol. The summed E-state index contributed by atoms with van der Waals surface area (Å²) in [7, 11) is 0. The maximum atomic E-state index is 12.5. The zero-order valence-corrected chi connectivity index (χ0v) is 14.7. The van der Waals surface area contributed by atoms with Crippen LogP contribution >= 0.6 is 0 Å². The van der Waals surface area contributed by atoms with Crippen molar-refractivity contribution in [3.8, 4) is 0 Å². The fourth-order valence-electron chi connectivity index (χ4n) is 3.22. The number of piperazine rings is 1. The first-order valence-corrected chi connectivity index (χ1v) is 8.66. The molecule has 0 unspecified atom stereocenters. The van der Waals surface area contributed by atoms with E-state index in [4.69, 9.17) is 0 Å². The quantitative estimate of drug-likeness (QED) is 0.829. The van der Waals surface area contributed by atoms with E-state index in [1.165, 1.54) is 0 Å². The molecular formula is C18H24N4O3. The summed E-state index contributed by atoms with van der Waals surface area (Å²) in [6.45, 7) is 5.99. The molecule has 0 saturated carbocycles. The van der Waals surface area contributed by atoms with Gasteiger partial charge in [0.05, 0.1) is 0 Å². The highest BCUT2D eigenvalue weighted by molar-refractivity contribution is 6.08. The number of benzene rings is 1. The number of imide groups is 1. The van der Waals surface area contributed by atoms with E-state index in [9.17, 15) is 14.4 Å². The molecule has 7 heteroatoms. The fraction of sp³-hybridized carbons (Fsp3) is 0.500. The van der Waals surface area contributed by atoms with Crippen molar-refractivity contribution in [2.24, 2.45) is 0 Å². The van der Waals surface area contributed by atoms with E-state index in [1.54, 1.807) is 11.8 Å². The van der Waals surface area contributed by atoms with E-state index in [-0.39, 0.29) is 18.4 Å². The minimum atomic E-state index is -0.899. The van der Waals surface area contributed by atoms with Crippen LogP contribution in [-0.4, -0.2) is 65.9 Å². The molecule has 1 atom stereocenters. The summed E-state index contributed by atoms with van der Waals surface area (Å²) in [5.74, 6) is -0.507. The van der Waals surface area contributed by atoms with Gasteiger partial charge in [-0.1, -0.05) is 25.1 Å². The molecule has 3 rings (SSSR count). The zero-order valence-electron chi connectivity index (χ0n) is 14.7. The van der Waals surface area contributed by atoms with Crippen molar-refractivity contribution in [3.05, 3.63) is 30.3 Å². The predicted octanol–water partition coefficient (Wildman–Crippen LogP) is 1.06. The van der Waals surface area contributed by atoms with Crippen LogP contribution in [0.15, 0.2) is 30.3 Å². The number of hydrogen-bond acceptors (Lipinski definition) is 4. The smallest absolute Gasteiger partial charge is 0.325 e. The summed E-state index contributed by atoms with van der Waals surface area (Å²) >= 11 is 0. The van der Waals surface area contributed by atoms with Crippen molar-refractivity contribution in [3.63, 3.8) is 0 Å². The summed E-state index contributed by atoms with van der Waals surface area (Å²) in [6.07, 6.45) is 0.498. The van der Waals surface area contributed by atoms with Crippen LogP contribution in [0.25, 0.3) is 0 Å². The Kier molecular flexibility index (Phi) is 4.65. The summed E-state index contributed by atoms with van der Waals surface area (Å²) in [5.41, 5.74) is 0.242. The molecule has 7 nitrogen and oxygen atoms in total. The number of urea groups is 1. The Labute approximate surface area is 147 Å². The van der Waals surface area contributed by atoms with Crippen LogP contribution in [0.2, 0.25) is 0 Å². The lowest BCUT2D eigenvalue weighted by Gasteiger charge is -2.36. The summed E-state index contributed by atoms with van der Waals surface area (Å²) in [5, 5.41) is 2.68. The van der Waals surface area contributed by atoms with Crippen LogP contribution in [-0.2, 0) is 9.59 Å². The van der Waals surface area contributed by atoms with Gasteiger partial charge in [0.2, 0.25) is 5.91 Å². The SMILES string of the molecule is CC[C@]1(C)NC(=O)N(CC(=O)N2CCN(c3ccccc3)CC2)C1=O. The van der Waals surface area contributed by atoms with Crippen LogP contribution in [0.5, 0.6) is 0 Å². The number of carbonyl (C=O) groups is 3. The number of anilines is 1. The molecule has 0 aliphatic carbocycles. The number of rotatable bonds is 4. The van der Waals surface area contributed by atoms with Gasteiger partial charge in [-0.05, 0) is 25.5 Å². The van der Waals surface area contributed by atoms with E-state index in [2.05, 4.69) is 22.3 Å². The Morgan fingerprint density at radius 3 is 2.32 bits per heavy atom. The van der Waals surface area contributed by atoms with Crippen molar-refractivity contribution in [2.75, 3.05) is 37.6 Å². The van der Waals surface area contributed by atoms with Gasteiger partial charge in [0, 0.05) is 31.9 Å². The first kappa shape index (κ1) is 17.3. The molecule has 2 aliphatic rings. The van der Waals surface area contributed by atoms with Gasteiger partial charge >= 0.3 is 6.03 Å². The lowest BCUT2D eigenvalue weighted by molar-refractivity contribution is -0.139. The van der Waals surface area contributed by atoms with E-state index >= 15 is 0 Å². The highest BCUT2D eigenvalue weighted by Crippen LogP contribution is 2.21. The fourth-order valence-corrected chi connectivity index (χ4v) is 3.22. The molecule has 0 aromatic heterocycles. The molecule has 25 heavy (non-hydrogen) atoms. The van der Waals surface area contributed by atoms with Crippen LogP contribution in [0.4, 0.5) is 10.5 Å². The third-order valence-electron chi connectivity index (χ3n) is 5.10. The Morgan fingerprint density at radius 1 is 1.12 bits per heavy atom. The molecule has 0 bridgehead atoms. The first-order valence-electron chi connectivity index (χ1n) is 8.66. The van der Waals surface area contributed by atoms with Crippen molar-refractivity contribution in [1.29, 1.82) is 0 Å². The minimum absolute atomic E-state index is 0.184. The van der Waals surface area contributed by atoms with E-state index in [0.717, 1.165) is 23.7 Å². The second-order valence-electron chi connectivity index (χ2n) is 6.71. The second kappa shape index (κ2) is 6.74. The number of amides is 4. The maximum absolute atomic E-state index is 12.5. The van der Waals surface area contributed by atoms with E-state index < -0.39 is 11.6 Å². The molecular weight excluding hydrogens is 320 g/mol. The van der Waals surface area contributed by atoms with Crippen LogP contribution in [0.3, 0.4) is 0 Å². The standard InChI is InChI=1S/C18H24N4O3/c1-3-18(2)16(24)22(17(25)19-18)13-15(23)21-11-9-20(10-12-21)14-7-5-4-6-8-14/h4-8H,3,9-13H2,1-2H3,(H,19,25)/t18-/m0/s1. The average Bonchev–Trinajstić information content (AvgIpc) is 2.86. The molecule has 134 valence electrons. The van der Waals surface area contributed by atoms with Gasteiger partial charge in [-0.25, -0.2) is 4.79 Å². The summed E-state index contributed by atoms with van der Waals surface area (Å²) < 4.78 is 0. The number of hydrogen-bond donors (Lipinski definition) is 1. The molecule has 2 heterocycles. The zero-order chi connectivity index (χ0) is 18.0. The predicted molar refractivity (Wildman–Crippen MR) is 94.2 cm³/mol. The van der Waals surface area contributed by atoms with Gasteiger partial charge in [0.25, 0.3) is 5.91 Å². The molecule has 1 aromatic rings. The van der Waals surface area contributed by atoms with Gasteiger partial charge in [0.15, 0.2) is 0 Å². The Hall–Kier alpha value is -2.57. The molecule has 1 aromatic carbocycles. The van der Waals surface area contributed by atoms with Crippen molar-refractivity contribution in [2.45, 2.75) is 25.8 Å². The van der Waals surface area contributed by atoms with Crippen molar-refractivity contribution < 1.29 is 14.4 Å². The van der Waals surface area contributed by atoms with Crippen molar-refractivity contribution >= 4 is 23.5 Å². The molecule has 0 radical (unpaired) electrons. The number of carbonyl (C=O) groups excluding carboxylic acids is 3. The molecule has 2 aliphatic heterocycles. The maximum Gasteiger partial charge on any atom is 0.325 e. The van der Waals surface area contributed by atoms with Gasteiger partial charge < -0.3 is 15.1 Å². The third kappa shape index (κ3) is 3.31. The van der Waals surface area contributed by atoms with Gasteiger partial charge in [-0.15, -0.1) is 0 Å². The Bertz CT molecular complexity index is 670. The third-order valence-corrected chi connectivity index (χ3v) is 5.10. The van der Waals surface area contributed by atoms with Crippen molar-refractivity contribution in [1.82, 2.24) is 15.1 Å². The number of para-hydroxylation sites is 1. The lowest BCUT2D eigenvalue weighted by Crippen LogP contribution is -2.52. The van der Waals surface area contributed by atoms with Gasteiger partial charge in [-0.2, -0.15) is 0 Å². The second-order valence-corrected chi connectivity index (χ2v) is 6.71. The van der Waals surface area contributed by atoms with E-state index in [0.29, 0.717) is 19.5 Å². The number of nitrogens with one attached hydrogen (secondary N) is 1. The monoisotopic (exact) mass is 344 g/mol. The van der Waals surface area contributed by atoms with E-state index in [1.807, 2.05) is 25.1 Å². The molecule has 1 N–H and O–H groups in total. The summed E-state index contributed by atoms with van der Waals surface area (Å²) in [6, 6.07) is 9.59. The van der Waals surface area contributed by atoms with Gasteiger partial charge in [-0.3, -0.25) is 14.5 Å². The lowest BCUT2D eigenvalue weighted by atomic mass is 9.99. The summed E-state index contributed by atoms with van der Waals surface area (Å²) in [4.78, 5) is 41.9. The Balaban J connectivity index is 1.57. The highest BCUT2D eigenvalue weighted by atomic mass is 16.2. The highest BCUT2D eigenvalue weighted by Gasteiger charge is 2.47. The van der Waals surface area contributed by atoms with Gasteiger partial charge in [0.1, 0.15) is 12.1 Å². The largest absolute Gasteiger partial charge is 0.368 e. The van der Waals surface area contributed by atoms with Crippen LogP contribution in [0, 0.1) is 0 Å². The molecule has 0 spiro atoms. The minimum Gasteiger partial charge on any atom is -0.368 e. The molecule has 4 amide bonds. The van der Waals surface area contributed by atoms with Crippen LogP contribution in [0.1, 0.15) is 20.3 Å². The van der Waals surface area contributed by atoms with Crippen LogP contribution < -0.4 is 10.2 Å². The molecule has 2 fully saturated rings. The first-order chi connectivity index (χ1) is 11.9.